The lowest BCUT2D eigenvalue weighted by atomic mass is 9.81. The van der Waals surface area contributed by atoms with Crippen LogP contribution in [0.4, 0.5) is 0 Å². The molecule has 0 radical (unpaired) electrons. The van der Waals surface area contributed by atoms with Crippen molar-refractivity contribution in [3.8, 4) is 17.1 Å². The lowest BCUT2D eigenvalue weighted by molar-refractivity contribution is 0.149. The molecular formula is C20H20N4O2S. The third-order valence-electron chi connectivity index (χ3n) is 4.86. The van der Waals surface area contributed by atoms with E-state index in [1.54, 1.807) is 18.0 Å². The smallest absolute Gasteiger partial charge is 0.216 e. The minimum atomic E-state index is -0.468. The molecule has 0 saturated carbocycles. The normalized spacial score (nSPS) is 19.2. The number of hydrogen-bond acceptors (Lipinski definition) is 5. The highest BCUT2D eigenvalue weighted by Gasteiger charge is 2.26. The summed E-state index contributed by atoms with van der Waals surface area (Å²) >= 11 is 5.35. The van der Waals surface area contributed by atoms with Gasteiger partial charge in [-0.15, -0.1) is 0 Å². The number of aromatic amines is 1. The Morgan fingerprint density at radius 3 is 3.00 bits per heavy atom. The van der Waals surface area contributed by atoms with Gasteiger partial charge in [-0.3, -0.25) is 0 Å². The van der Waals surface area contributed by atoms with Gasteiger partial charge in [0.25, 0.3) is 0 Å². The molecule has 2 aromatic carbocycles. The average molecular weight is 380 g/mol. The average Bonchev–Trinajstić information content (AvgIpc) is 3.08. The molecule has 27 heavy (non-hydrogen) atoms. The van der Waals surface area contributed by atoms with Gasteiger partial charge in [-0.2, -0.15) is 14.9 Å². The second-order valence-electron chi connectivity index (χ2n) is 6.49. The van der Waals surface area contributed by atoms with Crippen molar-refractivity contribution in [3.63, 3.8) is 0 Å². The van der Waals surface area contributed by atoms with Crippen LogP contribution in [0.15, 0.2) is 53.6 Å². The summed E-state index contributed by atoms with van der Waals surface area (Å²) in [6.45, 7) is 0. The molecule has 2 unspecified atom stereocenters. The van der Waals surface area contributed by atoms with Gasteiger partial charge < -0.3 is 9.84 Å². The number of benzene rings is 2. The first-order chi connectivity index (χ1) is 13.2. The van der Waals surface area contributed by atoms with Crippen LogP contribution in [0.1, 0.15) is 23.5 Å². The van der Waals surface area contributed by atoms with Crippen LogP contribution in [0, 0.1) is 4.77 Å². The van der Waals surface area contributed by atoms with Crippen molar-refractivity contribution in [1.82, 2.24) is 14.9 Å². The van der Waals surface area contributed by atoms with Crippen molar-refractivity contribution in [1.29, 1.82) is 0 Å². The molecule has 1 heterocycles. The van der Waals surface area contributed by atoms with Gasteiger partial charge in [-0.1, -0.05) is 36.4 Å². The second-order valence-corrected chi connectivity index (χ2v) is 6.88. The number of rotatable bonds is 4. The Hall–Kier alpha value is -2.77. The molecular weight excluding hydrogens is 360 g/mol. The summed E-state index contributed by atoms with van der Waals surface area (Å²) in [6, 6.07) is 15.7. The zero-order chi connectivity index (χ0) is 18.8. The van der Waals surface area contributed by atoms with Gasteiger partial charge in [0.15, 0.2) is 5.82 Å². The van der Waals surface area contributed by atoms with Gasteiger partial charge in [0.2, 0.25) is 4.77 Å². The minimum Gasteiger partial charge on any atom is -0.497 e. The maximum absolute atomic E-state index is 10.5. The lowest BCUT2D eigenvalue weighted by Crippen LogP contribution is -2.26. The third kappa shape index (κ3) is 3.43. The van der Waals surface area contributed by atoms with Crippen molar-refractivity contribution in [2.75, 3.05) is 7.11 Å². The molecule has 1 aliphatic carbocycles. The van der Waals surface area contributed by atoms with Crippen LogP contribution >= 0.6 is 12.2 Å². The number of aromatic nitrogens is 3. The van der Waals surface area contributed by atoms with Gasteiger partial charge in [-0.25, -0.2) is 5.10 Å². The van der Waals surface area contributed by atoms with Crippen LogP contribution in [0.2, 0.25) is 0 Å². The van der Waals surface area contributed by atoms with Gasteiger partial charge in [0, 0.05) is 17.7 Å². The predicted octanol–water partition coefficient (Wildman–Crippen LogP) is 3.54. The topological polar surface area (TPSA) is 75.4 Å². The number of H-pyrrole nitrogens is 1. The summed E-state index contributed by atoms with van der Waals surface area (Å²) < 4.78 is 7.26. The largest absolute Gasteiger partial charge is 0.497 e. The number of nitrogens with one attached hydrogen (secondary N) is 1. The first-order valence-corrected chi connectivity index (χ1v) is 9.20. The molecule has 3 aromatic rings. The monoisotopic (exact) mass is 380 g/mol. The van der Waals surface area contributed by atoms with Crippen LogP contribution in [-0.4, -0.2) is 39.4 Å². The number of aryl methyl sites for hydroxylation is 1. The highest BCUT2D eigenvalue weighted by atomic mass is 32.1. The fourth-order valence-corrected chi connectivity index (χ4v) is 3.62. The molecule has 0 aliphatic heterocycles. The van der Waals surface area contributed by atoms with E-state index in [4.69, 9.17) is 17.0 Å². The molecule has 0 amide bonds. The first kappa shape index (κ1) is 17.6. The summed E-state index contributed by atoms with van der Waals surface area (Å²) in [4.78, 5) is 0. The van der Waals surface area contributed by atoms with Gasteiger partial charge in [0.1, 0.15) is 5.75 Å². The number of hydrogen-bond donors (Lipinski definition) is 2. The van der Waals surface area contributed by atoms with E-state index in [1.807, 2.05) is 42.5 Å². The molecule has 2 N–H and O–H groups in total. The van der Waals surface area contributed by atoms with Crippen LogP contribution in [0.3, 0.4) is 0 Å². The predicted molar refractivity (Wildman–Crippen MR) is 107 cm³/mol. The Kier molecular flexibility index (Phi) is 4.87. The van der Waals surface area contributed by atoms with Crippen LogP contribution in [0.5, 0.6) is 5.75 Å². The van der Waals surface area contributed by atoms with Crippen molar-refractivity contribution >= 4 is 18.4 Å². The third-order valence-corrected chi connectivity index (χ3v) is 5.12. The van der Waals surface area contributed by atoms with E-state index >= 15 is 0 Å². The molecule has 0 saturated heterocycles. The highest BCUT2D eigenvalue weighted by Crippen LogP contribution is 2.31. The molecule has 138 valence electrons. The molecule has 4 rings (SSSR count). The van der Waals surface area contributed by atoms with Gasteiger partial charge in [0.05, 0.1) is 13.2 Å². The lowest BCUT2D eigenvalue weighted by Gasteiger charge is -2.27. The minimum absolute atomic E-state index is 0.176. The number of ether oxygens (including phenoxy) is 1. The Bertz CT molecular complexity index is 1040. The van der Waals surface area contributed by atoms with Crippen LogP contribution < -0.4 is 4.74 Å². The highest BCUT2D eigenvalue weighted by molar-refractivity contribution is 7.71. The van der Waals surface area contributed by atoms with Gasteiger partial charge >= 0.3 is 0 Å². The Labute approximate surface area is 162 Å². The number of nitrogens with zero attached hydrogens (tertiary/aromatic N) is 3. The molecule has 0 spiro atoms. The van der Waals surface area contributed by atoms with E-state index in [1.165, 1.54) is 5.56 Å². The molecule has 0 fully saturated rings. The molecule has 0 bridgehead atoms. The molecule has 2 atom stereocenters. The van der Waals surface area contributed by atoms with E-state index in [-0.39, 0.29) is 5.92 Å². The summed E-state index contributed by atoms with van der Waals surface area (Å²) in [5, 5.41) is 22.2. The van der Waals surface area contributed by atoms with E-state index < -0.39 is 6.10 Å². The maximum atomic E-state index is 10.5. The number of aliphatic hydroxyl groups is 1. The molecule has 7 heteroatoms. The van der Waals surface area contributed by atoms with E-state index in [9.17, 15) is 5.11 Å². The van der Waals surface area contributed by atoms with Crippen molar-refractivity contribution in [2.24, 2.45) is 5.10 Å². The van der Waals surface area contributed by atoms with Crippen molar-refractivity contribution in [3.05, 3.63) is 64.4 Å². The quantitative estimate of drug-likeness (QED) is 0.536. The second kappa shape index (κ2) is 7.46. The Morgan fingerprint density at radius 2 is 2.15 bits per heavy atom. The van der Waals surface area contributed by atoms with Crippen molar-refractivity contribution < 1.29 is 9.84 Å². The number of methoxy groups -OCH3 is 1. The summed E-state index contributed by atoms with van der Waals surface area (Å²) in [5.74, 6) is 1.15. The van der Waals surface area contributed by atoms with E-state index in [2.05, 4.69) is 21.4 Å². The fraction of sp³-hybridized carbons (Fsp3) is 0.250. The van der Waals surface area contributed by atoms with Crippen LogP contribution in [0.25, 0.3) is 11.4 Å². The Balaban J connectivity index is 1.71. The molecule has 1 aromatic heterocycles. The molecule has 1 aliphatic rings. The standard InChI is InChI=1S/C20H20N4O2S/c1-26-15-7-4-6-14(11-15)19-22-23-20(27)24(19)21-12-17-16-8-3-2-5-13(16)9-10-18(17)25/h2-8,11-12,17-18,25H,9-10H2,1H3,(H,23,27)/b21-12+. The summed E-state index contributed by atoms with van der Waals surface area (Å²) in [7, 11) is 1.62. The zero-order valence-electron chi connectivity index (χ0n) is 14.9. The number of aliphatic hydroxyl groups excluding tert-OH is 1. The zero-order valence-corrected chi connectivity index (χ0v) is 15.7. The maximum Gasteiger partial charge on any atom is 0.216 e. The SMILES string of the molecule is COc1cccc(-c2n[nH]c(=S)n2/N=C/C2c3ccccc3CCC2O)c1. The Morgan fingerprint density at radius 1 is 1.30 bits per heavy atom. The van der Waals surface area contributed by atoms with Gasteiger partial charge in [-0.05, 0) is 48.3 Å². The van der Waals surface area contributed by atoms with E-state index in [0.717, 1.165) is 23.3 Å². The summed E-state index contributed by atoms with van der Waals surface area (Å²) in [6.07, 6.45) is 2.89. The summed E-state index contributed by atoms with van der Waals surface area (Å²) in [5.41, 5.74) is 3.20. The van der Waals surface area contributed by atoms with Crippen molar-refractivity contribution in [2.45, 2.75) is 24.9 Å². The molecule has 6 nitrogen and oxygen atoms in total. The van der Waals surface area contributed by atoms with Crippen LogP contribution in [-0.2, 0) is 6.42 Å². The fourth-order valence-electron chi connectivity index (χ4n) is 3.44. The van der Waals surface area contributed by atoms with E-state index in [0.29, 0.717) is 17.0 Å². The first-order valence-electron chi connectivity index (χ1n) is 8.79. The number of fused-ring (bicyclic) bond motifs is 1.